The van der Waals surface area contributed by atoms with Crippen LogP contribution in [0.4, 0.5) is 5.69 Å². The van der Waals surface area contributed by atoms with E-state index in [4.69, 9.17) is 23.2 Å². The van der Waals surface area contributed by atoms with Gasteiger partial charge in [0, 0.05) is 23.1 Å². The highest BCUT2D eigenvalue weighted by Crippen LogP contribution is 2.26. The van der Waals surface area contributed by atoms with Crippen LogP contribution in [-0.4, -0.2) is 50.5 Å². The minimum absolute atomic E-state index is 0.0228. The first-order valence-corrected chi connectivity index (χ1v) is 13.6. The van der Waals surface area contributed by atoms with Gasteiger partial charge in [0.2, 0.25) is 21.8 Å². The first kappa shape index (κ1) is 28.0. The van der Waals surface area contributed by atoms with Gasteiger partial charge in [-0.2, -0.15) is 0 Å². The highest BCUT2D eigenvalue weighted by molar-refractivity contribution is 7.92. The van der Waals surface area contributed by atoms with Crippen molar-refractivity contribution in [2.24, 2.45) is 0 Å². The Hall–Kier alpha value is -2.29. The molecule has 1 N–H and O–H groups in total. The molecule has 2 aromatic rings. The normalized spacial score (nSPS) is 12.2. The molecule has 0 aliphatic rings. The summed E-state index contributed by atoms with van der Waals surface area (Å²) in [5.41, 5.74) is 2.71. The summed E-state index contributed by atoms with van der Waals surface area (Å²) in [7, 11) is -3.79. The standard InChI is InChI=1S/C24H31Cl2N3O4S/c1-6-21(24(31)27-7-2)28(14-18-9-10-19(25)13-20(18)26)23(30)15-29(34(5,32)33)22-11-8-16(3)12-17(22)4/h8-13,21H,6-7,14-15H2,1-5H3,(H,27,31)/t21-/m1/s1. The third kappa shape index (κ3) is 7.10. The molecule has 0 fully saturated rings. The van der Waals surface area contributed by atoms with Crippen molar-refractivity contribution < 1.29 is 18.0 Å². The Morgan fingerprint density at radius 1 is 1.06 bits per heavy atom. The SMILES string of the molecule is CCNC(=O)[C@@H](CC)N(Cc1ccc(Cl)cc1Cl)C(=O)CN(c1ccc(C)cc1C)S(C)(=O)=O. The molecule has 34 heavy (non-hydrogen) atoms. The number of carbonyl (C=O) groups is 2. The Morgan fingerprint density at radius 2 is 1.74 bits per heavy atom. The molecule has 0 saturated carbocycles. The van der Waals surface area contributed by atoms with Gasteiger partial charge in [0.25, 0.3) is 0 Å². The summed E-state index contributed by atoms with van der Waals surface area (Å²) in [6.45, 7) is 7.25. The summed E-state index contributed by atoms with van der Waals surface area (Å²) in [5.74, 6) is -0.838. The molecule has 2 rings (SSSR count). The molecule has 10 heteroatoms. The van der Waals surface area contributed by atoms with Crippen LogP contribution < -0.4 is 9.62 Å². The van der Waals surface area contributed by atoms with E-state index in [1.54, 1.807) is 51.1 Å². The molecule has 0 unspecified atom stereocenters. The maximum Gasteiger partial charge on any atom is 0.244 e. The topological polar surface area (TPSA) is 86.8 Å². The number of hydrogen-bond acceptors (Lipinski definition) is 4. The van der Waals surface area contributed by atoms with Gasteiger partial charge in [-0.1, -0.05) is 53.9 Å². The molecular formula is C24H31Cl2N3O4S. The molecule has 0 aromatic heterocycles. The monoisotopic (exact) mass is 527 g/mol. The molecule has 0 bridgehead atoms. The number of likely N-dealkylation sites (N-methyl/N-ethyl adjacent to an activating group) is 1. The smallest absolute Gasteiger partial charge is 0.244 e. The summed E-state index contributed by atoms with van der Waals surface area (Å²) in [4.78, 5) is 27.8. The van der Waals surface area contributed by atoms with Gasteiger partial charge in [0.05, 0.1) is 11.9 Å². The average Bonchev–Trinajstić information content (AvgIpc) is 2.73. The van der Waals surface area contributed by atoms with Crippen molar-refractivity contribution in [3.8, 4) is 0 Å². The second kappa shape index (κ2) is 11.9. The molecule has 0 spiro atoms. The quantitative estimate of drug-likeness (QED) is 0.498. The van der Waals surface area contributed by atoms with Crippen molar-refractivity contribution in [3.05, 3.63) is 63.1 Å². The molecule has 0 aliphatic heterocycles. The van der Waals surface area contributed by atoms with Crippen LogP contribution in [0.15, 0.2) is 36.4 Å². The van der Waals surface area contributed by atoms with Crippen molar-refractivity contribution in [3.63, 3.8) is 0 Å². The number of benzene rings is 2. The van der Waals surface area contributed by atoms with Crippen molar-refractivity contribution >= 4 is 50.7 Å². The molecule has 0 heterocycles. The van der Waals surface area contributed by atoms with E-state index in [-0.39, 0.29) is 12.5 Å². The fourth-order valence-electron chi connectivity index (χ4n) is 3.72. The van der Waals surface area contributed by atoms with E-state index in [1.165, 1.54) is 4.90 Å². The zero-order valence-corrected chi connectivity index (χ0v) is 22.4. The zero-order chi connectivity index (χ0) is 25.6. The fraction of sp³-hybridized carbons (Fsp3) is 0.417. The van der Waals surface area contributed by atoms with Gasteiger partial charge in [-0.15, -0.1) is 0 Å². The van der Waals surface area contributed by atoms with Crippen LogP contribution in [0.5, 0.6) is 0 Å². The second-order valence-corrected chi connectivity index (χ2v) is 10.9. The lowest BCUT2D eigenvalue weighted by atomic mass is 10.1. The van der Waals surface area contributed by atoms with Crippen molar-refractivity contribution in [2.75, 3.05) is 23.7 Å². The van der Waals surface area contributed by atoms with Crippen LogP contribution in [0, 0.1) is 13.8 Å². The molecule has 0 saturated heterocycles. The van der Waals surface area contributed by atoms with Crippen LogP contribution in [0.1, 0.15) is 37.0 Å². The second-order valence-electron chi connectivity index (χ2n) is 8.14. The molecule has 2 aromatic carbocycles. The van der Waals surface area contributed by atoms with Crippen molar-refractivity contribution in [1.82, 2.24) is 10.2 Å². The lowest BCUT2D eigenvalue weighted by Gasteiger charge is -2.33. The number of rotatable bonds is 10. The number of anilines is 1. The highest BCUT2D eigenvalue weighted by atomic mass is 35.5. The average molecular weight is 529 g/mol. The number of nitrogens with zero attached hydrogens (tertiary/aromatic N) is 2. The number of sulfonamides is 1. The van der Waals surface area contributed by atoms with E-state index in [2.05, 4.69) is 5.32 Å². The summed E-state index contributed by atoms with van der Waals surface area (Å²) >= 11 is 12.4. The van der Waals surface area contributed by atoms with Gasteiger partial charge in [-0.25, -0.2) is 8.42 Å². The van der Waals surface area contributed by atoms with Crippen LogP contribution in [0.3, 0.4) is 0 Å². The third-order valence-electron chi connectivity index (χ3n) is 5.39. The van der Waals surface area contributed by atoms with Gasteiger partial charge in [0.15, 0.2) is 0 Å². The molecule has 186 valence electrons. The summed E-state index contributed by atoms with van der Waals surface area (Å²) in [6, 6.07) is 9.42. The van der Waals surface area contributed by atoms with Gasteiger partial charge >= 0.3 is 0 Å². The Kier molecular flexibility index (Phi) is 9.79. The van der Waals surface area contributed by atoms with Crippen LogP contribution in [-0.2, 0) is 26.2 Å². The Labute approximate surface area is 212 Å². The van der Waals surface area contributed by atoms with E-state index in [0.29, 0.717) is 34.3 Å². The molecule has 2 amide bonds. The van der Waals surface area contributed by atoms with Crippen LogP contribution in [0.2, 0.25) is 10.0 Å². The largest absolute Gasteiger partial charge is 0.355 e. The van der Waals surface area contributed by atoms with Crippen molar-refractivity contribution in [2.45, 2.75) is 46.7 Å². The highest BCUT2D eigenvalue weighted by Gasteiger charge is 2.32. The minimum Gasteiger partial charge on any atom is -0.355 e. The first-order valence-electron chi connectivity index (χ1n) is 10.9. The van der Waals surface area contributed by atoms with Gasteiger partial charge < -0.3 is 10.2 Å². The zero-order valence-electron chi connectivity index (χ0n) is 20.1. The number of nitrogens with one attached hydrogen (secondary N) is 1. The number of halogens is 2. The van der Waals surface area contributed by atoms with E-state index >= 15 is 0 Å². The Balaban J connectivity index is 2.50. The van der Waals surface area contributed by atoms with Gasteiger partial charge in [0.1, 0.15) is 12.6 Å². The number of amides is 2. The Morgan fingerprint density at radius 3 is 2.26 bits per heavy atom. The predicted octanol–water partition coefficient (Wildman–Crippen LogP) is 4.32. The number of hydrogen-bond donors (Lipinski definition) is 1. The van der Waals surface area contributed by atoms with E-state index in [9.17, 15) is 18.0 Å². The van der Waals surface area contributed by atoms with Crippen molar-refractivity contribution in [1.29, 1.82) is 0 Å². The summed E-state index contributed by atoms with van der Waals surface area (Å²) < 4.78 is 26.5. The van der Waals surface area contributed by atoms with Crippen LogP contribution in [0.25, 0.3) is 0 Å². The predicted molar refractivity (Wildman–Crippen MR) is 138 cm³/mol. The van der Waals surface area contributed by atoms with Gasteiger partial charge in [-0.05, 0) is 56.5 Å². The van der Waals surface area contributed by atoms with E-state index < -0.39 is 28.5 Å². The third-order valence-corrected chi connectivity index (χ3v) is 7.11. The van der Waals surface area contributed by atoms with E-state index in [1.807, 2.05) is 13.0 Å². The lowest BCUT2D eigenvalue weighted by molar-refractivity contribution is -0.140. The minimum atomic E-state index is -3.79. The fourth-order valence-corrected chi connectivity index (χ4v) is 5.10. The molecule has 0 aliphatic carbocycles. The van der Waals surface area contributed by atoms with Crippen LogP contribution >= 0.6 is 23.2 Å². The van der Waals surface area contributed by atoms with E-state index in [0.717, 1.165) is 21.7 Å². The molecule has 1 atom stereocenters. The summed E-state index contributed by atoms with van der Waals surface area (Å²) in [6.07, 6.45) is 1.40. The molecular weight excluding hydrogens is 497 g/mol. The maximum absolute atomic E-state index is 13.6. The molecule has 0 radical (unpaired) electrons. The maximum atomic E-state index is 13.6. The Bertz CT molecular complexity index is 1150. The first-order chi connectivity index (χ1) is 15.9. The van der Waals surface area contributed by atoms with Gasteiger partial charge in [-0.3, -0.25) is 13.9 Å². The summed E-state index contributed by atoms with van der Waals surface area (Å²) in [5, 5.41) is 3.55. The number of aryl methyl sites for hydroxylation is 2. The molecule has 7 nitrogen and oxygen atoms in total. The number of carbonyl (C=O) groups excluding carboxylic acids is 2. The lowest BCUT2D eigenvalue weighted by Crippen LogP contribution is -2.52.